The molecule has 1 atom stereocenters. The zero-order chi connectivity index (χ0) is 19.1. The van der Waals surface area contributed by atoms with Crippen LogP contribution in [0.15, 0.2) is 60.7 Å². The first kappa shape index (κ1) is 19.2. The largest absolute Gasteiger partial charge is 0.354 e. The summed E-state index contributed by atoms with van der Waals surface area (Å²) in [6, 6.07) is 20.0. The van der Waals surface area contributed by atoms with Crippen LogP contribution in [0.3, 0.4) is 0 Å². The van der Waals surface area contributed by atoms with Crippen molar-refractivity contribution in [3.05, 3.63) is 71.8 Å². The number of nitrogens with one attached hydrogen (secondary N) is 1. The minimum atomic E-state index is -0.323. The fourth-order valence-corrected chi connectivity index (χ4v) is 3.79. The van der Waals surface area contributed by atoms with Gasteiger partial charge in [-0.1, -0.05) is 67.6 Å². The number of nitrogens with zero attached hydrogens (tertiary/aromatic N) is 1. The van der Waals surface area contributed by atoms with Crippen LogP contribution < -0.4 is 5.32 Å². The number of carbonyl (C=O) groups excluding carboxylic acids is 2. The molecule has 0 aromatic heterocycles. The van der Waals surface area contributed by atoms with Crippen molar-refractivity contribution in [1.29, 1.82) is 0 Å². The molecule has 4 nitrogen and oxygen atoms in total. The van der Waals surface area contributed by atoms with Gasteiger partial charge in [0.15, 0.2) is 0 Å². The van der Waals surface area contributed by atoms with Gasteiger partial charge in [-0.25, -0.2) is 0 Å². The number of hydrogen-bond acceptors (Lipinski definition) is 2. The lowest BCUT2D eigenvalue weighted by Gasteiger charge is -2.26. The molecule has 2 amide bonds. The number of hydrogen-bond donors (Lipinski definition) is 1. The smallest absolute Gasteiger partial charge is 0.242 e. The number of carbonyl (C=O) groups is 2. The lowest BCUT2D eigenvalue weighted by molar-refractivity contribution is -0.138. The van der Waals surface area contributed by atoms with E-state index in [1.807, 2.05) is 43.3 Å². The van der Waals surface area contributed by atoms with Crippen molar-refractivity contribution < 1.29 is 9.59 Å². The highest BCUT2D eigenvalue weighted by atomic mass is 16.2. The average Bonchev–Trinajstić information content (AvgIpc) is 3.21. The SMILES string of the molecule is CCCNC(=O)[C@@H]1CCCN1C(=O)CC(c1ccccc1)c1ccccc1. The van der Waals surface area contributed by atoms with Crippen LogP contribution >= 0.6 is 0 Å². The summed E-state index contributed by atoms with van der Waals surface area (Å²) in [5, 5.41) is 2.94. The second-order valence-corrected chi connectivity index (χ2v) is 7.11. The zero-order valence-electron chi connectivity index (χ0n) is 15.9. The van der Waals surface area contributed by atoms with Gasteiger partial charge in [0, 0.05) is 25.4 Å². The Morgan fingerprint density at radius 1 is 1.04 bits per heavy atom. The molecule has 27 heavy (non-hydrogen) atoms. The predicted octanol–water partition coefficient (Wildman–Crippen LogP) is 3.73. The third kappa shape index (κ3) is 4.76. The van der Waals surface area contributed by atoms with E-state index in [2.05, 4.69) is 29.6 Å². The van der Waals surface area contributed by atoms with Crippen molar-refractivity contribution in [2.45, 2.75) is 44.6 Å². The normalized spacial score (nSPS) is 16.5. The highest BCUT2D eigenvalue weighted by Gasteiger charge is 2.34. The summed E-state index contributed by atoms with van der Waals surface area (Å²) in [4.78, 5) is 27.4. The van der Waals surface area contributed by atoms with Crippen molar-refractivity contribution in [2.24, 2.45) is 0 Å². The van der Waals surface area contributed by atoms with Crippen LogP contribution in [0.2, 0.25) is 0 Å². The maximum atomic E-state index is 13.1. The van der Waals surface area contributed by atoms with Crippen LogP contribution in [0.5, 0.6) is 0 Å². The number of likely N-dealkylation sites (tertiary alicyclic amines) is 1. The molecule has 0 spiro atoms. The molecule has 0 unspecified atom stereocenters. The Morgan fingerprint density at radius 2 is 1.63 bits per heavy atom. The second kappa shape index (κ2) is 9.36. The number of rotatable bonds is 7. The van der Waals surface area contributed by atoms with Crippen LogP contribution in [-0.2, 0) is 9.59 Å². The van der Waals surface area contributed by atoms with E-state index in [-0.39, 0.29) is 23.8 Å². The summed E-state index contributed by atoms with van der Waals surface area (Å²) in [6.45, 7) is 3.36. The maximum Gasteiger partial charge on any atom is 0.242 e. The molecule has 1 fully saturated rings. The molecule has 0 aliphatic carbocycles. The maximum absolute atomic E-state index is 13.1. The molecule has 142 valence electrons. The molecular formula is C23H28N2O2. The Kier molecular flexibility index (Phi) is 6.64. The quantitative estimate of drug-likeness (QED) is 0.814. The van der Waals surface area contributed by atoms with Crippen molar-refractivity contribution >= 4 is 11.8 Å². The Morgan fingerprint density at radius 3 is 2.19 bits per heavy atom. The first-order valence-corrected chi connectivity index (χ1v) is 9.87. The summed E-state index contributed by atoms with van der Waals surface area (Å²) in [6.07, 6.45) is 2.92. The molecule has 2 aromatic rings. The molecule has 2 aromatic carbocycles. The van der Waals surface area contributed by atoms with Gasteiger partial charge in [0.05, 0.1) is 0 Å². The zero-order valence-corrected chi connectivity index (χ0v) is 15.9. The van der Waals surface area contributed by atoms with E-state index in [0.29, 0.717) is 19.5 Å². The van der Waals surface area contributed by atoms with Crippen LogP contribution in [0.25, 0.3) is 0 Å². The van der Waals surface area contributed by atoms with Gasteiger partial charge < -0.3 is 10.2 Å². The van der Waals surface area contributed by atoms with E-state index in [1.54, 1.807) is 4.90 Å². The molecule has 0 bridgehead atoms. The summed E-state index contributed by atoms with van der Waals surface area (Å²) >= 11 is 0. The summed E-state index contributed by atoms with van der Waals surface area (Å²) in [5.41, 5.74) is 2.26. The van der Waals surface area contributed by atoms with Gasteiger partial charge in [-0.15, -0.1) is 0 Å². The molecule has 1 aliphatic rings. The third-order valence-electron chi connectivity index (χ3n) is 5.21. The highest BCUT2D eigenvalue weighted by molar-refractivity contribution is 5.88. The van der Waals surface area contributed by atoms with Crippen molar-refractivity contribution in [3.63, 3.8) is 0 Å². The number of amides is 2. The molecule has 0 radical (unpaired) electrons. The molecule has 1 heterocycles. The molecular weight excluding hydrogens is 336 g/mol. The van der Waals surface area contributed by atoms with E-state index in [0.717, 1.165) is 30.4 Å². The molecule has 0 saturated carbocycles. The Hall–Kier alpha value is -2.62. The first-order chi connectivity index (χ1) is 13.2. The van der Waals surface area contributed by atoms with Crippen LogP contribution in [-0.4, -0.2) is 35.8 Å². The van der Waals surface area contributed by atoms with Gasteiger partial charge in [-0.3, -0.25) is 9.59 Å². The topological polar surface area (TPSA) is 49.4 Å². The van der Waals surface area contributed by atoms with E-state index >= 15 is 0 Å². The highest BCUT2D eigenvalue weighted by Crippen LogP contribution is 2.30. The summed E-state index contributed by atoms with van der Waals surface area (Å²) in [5.74, 6) is 0.0420. The summed E-state index contributed by atoms with van der Waals surface area (Å²) in [7, 11) is 0. The fraction of sp³-hybridized carbons (Fsp3) is 0.391. The minimum Gasteiger partial charge on any atom is -0.354 e. The summed E-state index contributed by atoms with van der Waals surface area (Å²) < 4.78 is 0. The van der Waals surface area contributed by atoms with Gasteiger partial charge in [-0.2, -0.15) is 0 Å². The molecule has 1 N–H and O–H groups in total. The molecule has 4 heteroatoms. The van der Waals surface area contributed by atoms with Crippen molar-refractivity contribution in [2.75, 3.05) is 13.1 Å². The van der Waals surface area contributed by atoms with Crippen LogP contribution in [0.4, 0.5) is 0 Å². The van der Waals surface area contributed by atoms with E-state index in [9.17, 15) is 9.59 Å². The number of benzene rings is 2. The fourth-order valence-electron chi connectivity index (χ4n) is 3.79. The van der Waals surface area contributed by atoms with Crippen molar-refractivity contribution in [3.8, 4) is 0 Å². The minimum absolute atomic E-state index is 0.000136. The molecule has 3 rings (SSSR count). The third-order valence-corrected chi connectivity index (χ3v) is 5.21. The van der Waals surface area contributed by atoms with Crippen molar-refractivity contribution in [1.82, 2.24) is 10.2 Å². The Labute approximate surface area is 161 Å². The molecule has 1 saturated heterocycles. The van der Waals surface area contributed by atoms with E-state index in [4.69, 9.17) is 0 Å². The van der Waals surface area contributed by atoms with Gasteiger partial charge >= 0.3 is 0 Å². The standard InChI is InChI=1S/C23H28N2O2/c1-2-15-24-23(27)21-14-9-16-25(21)22(26)17-20(18-10-5-3-6-11-18)19-12-7-4-8-13-19/h3-8,10-13,20-21H,2,9,14-17H2,1H3,(H,24,27)/t21-/m0/s1. The monoisotopic (exact) mass is 364 g/mol. The van der Waals surface area contributed by atoms with Crippen LogP contribution in [0.1, 0.15) is 49.7 Å². The predicted molar refractivity (Wildman–Crippen MR) is 107 cm³/mol. The Balaban J connectivity index is 1.77. The average molecular weight is 364 g/mol. The van der Waals surface area contributed by atoms with E-state index in [1.165, 1.54) is 0 Å². The molecule has 1 aliphatic heterocycles. The lowest BCUT2D eigenvalue weighted by atomic mass is 9.88. The lowest BCUT2D eigenvalue weighted by Crippen LogP contribution is -2.46. The van der Waals surface area contributed by atoms with Gasteiger partial charge in [0.1, 0.15) is 6.04 Å². The van der Waals surface area contributed by atoms with E-state index < -0.39 is 0 Å². The van der Waals surface area contributed by atoms with Gasteiger partial charge in [0.25, 0.3) is 0 Å². The second-order valence-electron chi connectivity index (χ2n) is 7.11. The Bertz CT molecular complexity index is 706. The van der Waals surface area contributed by atoms with Crippen LogP contribution in [0, 0.1) is 0 Å². The van der Waals surface area contributed by atoms with Gasteiger partial charge in [-0.05, 0) is 30.4 Å². The first-order valence-electron chi connectivity index (χ1n) is 9.87. The van der Waals surface area contributed by atoms with Gasteiger partial charge in [0.2, 0.25) is 11.8 Å².